The lowest BCUT2D eigenvalue weighted by atomic mass is 9.78. The van der Waals surface area contributed by atoms with Crippen LogP contribution in [0.4, 0.5) is 0 Å². The fourth-order valence-corrected chi connectivity index (χ4v) is 3.33. The van der Waals surface area contributed by atoms with Gasteiger partial charge in [0.25, 0.3) is 0 Å². The van der Waals surface area contributed by atoms with E-state index in [-0.39, 0.29) is 0 Å². The predicted octanol–water partition coefficient (Wildman–Crippen LogP) is 4.75. The molecule has 1 aromatic rings. The van der Waals surface area contributed by atoms with Gasteiger partial charge in [-0.05, 0) is 42.4 Å². The molecular formula is C16H24BrN. The van der Waals surface area contributed by atoms with Crippen LogP contribution in [0, 0.1) is 11.8 Å². The maximum absolute atomic E-state index is 3.77. The molecule has 1 saturated carbocycles. The van der Waals surface area contributed by atoms with Crippen molar-refractivity contribution in [3.63, 3.8) is 0 Å². The van der Waals surface area contributed by atoms with Gasteiger partial charge in [0, 0.05) is 17.1 Å². The Kier molecular flexibility index (Phi) is 5.25. The van der Waals surface area contributed by atoms with Crippen LogP contribution >= 0.6 is 15.9 Å². The minimum absolute atomic E-state index is 0.711. The molecule has 1 fully saturated rings. The maximum Gasteiger partial charge on any atom is 0.0208 e. The third kappa shape index (κ3) is 3.83. The van der Waals surface area contributed by atoms with Gasteiger partial charge in [-0.2, -0.15) is 0 Å². The molecule has 0 heterocycles. The van der Waals surface area contributed by atoms with Crippen LogP contribution in [0.2, 0.25) is 0 Å². The lowest BCUT2D eigenvalue weighted by Crippen LogP contribution is -2.40. The van der Waals surface area contributed by atoms with Gasteiger partial charge in [-0.1, -0.05) is 54.8 Å². The Labute approximate surface area is 119 Å². The standard InChI is InChI=1S/C16H24BrN/c1-12(2)15-5-3-4-6-16(15)18-11-13-7-9-14(17)10-8-13/h7-10,12,15-16,18H,3-6,11H2,1-2H3. The molecule has 100 valence electrons. The van der Waals surface area contributed by atoms with E-state index in [1.54, 1.807) is 0 Å². The summed E-state index contributed by atoms with van der Waals surface area (Å²) in [5, 5.41) is 3.77. The molecule has 0 spiro atoms. The summed E-state index contributed by atoms with van der Waals surface area (Å²) in [6, 6.07) is 9.35. The molecule has 18 heavy (non-hydrogen) atoms. The molecule has 2 rings (SSSR count). The summed E-state index contributed by atoms with van der Waals surface area (Å²) in [7, 11) is 0. The zero-order chi connectivity index (χ0) is 13.0. The van der Waals surface area contributed by atoms with Crippen LogP contribution in [0.3, 0.4) is 0 Å². The molecule has 2 heteroatoms. The largest absolute Gasteiger partial charge is 0.310 e. The van der Waals surface area contributed by atoms with Crippen molar-refractivity contribution in [2.75, 3.05) is 0 Å². The van der Waals surface area contributed by atoms with E-state index in [2.05, 4.69) is 59.4 Å². The fourth-order valence-electron chi connectivity index (χ4n) is 3.06. The number of hydrogen-bond donors (Lipinski definition) is 1. The average molecular weight is 310 g/mol. The Balaban J connectivity index is 1.89. The maximum atomic E-state index is 3.77. The van der Waals surface area contributed by atoms with Gasteiger partial charge in [0.1, 0.15) is 0 Å². The van der Waals surface area contributed by atoms with Gasteiger partial charge in [0.2, 0.25) is 0 Å². The summed E-state index contributed by atoms with van der Waals surface area (Å²) in [6.07, 6.45) is 5.55. The Morgan fingerprint density at radius 3 is 2.50 bits per heavy atom. The van der Waals surface area contributed by atoms with Crippen LogP contribution in [0.25, 0.3) is 0 Å². The van der Waals surface area contributed by atoms with Gasteiger partial charge in [0.15, 0.2) is 0 Å². The van der Waals surface area contributed by atoms with Crippen LogP contribution < -0.4 is 5.32 Å². The minimum atomic E-state index is 0.711. The van der Waals surface area contributed by atoms with Crippen LogP contribution in [0.1, 0.15) is 45.1 Å². The third-order valence-electron chi connectivity index (χ3n) is 4.16. The van der Waals surface area contributed by atoms with Crippen molar-refractivity contribution in [3.8, 4) is 0 Å². The van der Waals surface area contributed by atoms with Gasteiger partial charge < -0.3 is 5.32 Å². The highest BCUT2D eigenvalue weighted by Gasteiger charge is 2.26. The molecule has 0 saturated heterocycles. The second kappa shape index (κ2) is 6.72. The van der Waals surface area contributed by atoms with E-state index < -0.39 is 0 Å². The Morgan fingerprint density at radius 2 is 1.83 bits per heavy atom. The highest BCUT2D eigenvalue weighted by Crippen LogP contribution is 2.30. The number of hydrogen-bond acceptors (Lipinski definition) is 1. The molecule has 1 aliphatic carbocycles. The lowest BCUT2D eigenvalue weighted by Gasteiger charge is -2.35. The van der Waals surface area contributed by atoms with Crippen molar-refractivity contribution in [2.24, 2.45) is 11.8 Å². The molecule has 1 N–H and O–H groups in total. The smallest absolute Gasteiger partial charge is 0.0208 e. The van der Waals surface area contributed by atoms with E-state index in [4.69, 9.17) is 0 Å². The van der Waals surface area contributed by atoms with Crippen LogP contribution in [0.5, 0.6) is 0 Å². The monoisotopic (exact) mass is 309 g/mol. The first-order valence-corrected chi connectivity index (χ1v) is 7.94. The highest BCUT2D eigenvalue weighted by atomic mass is 79.9. The summed E-state index contributed by atoms with van der Waals surface area (Å²) in [5.41, 5.74) is 1.38. The SMILES string of the molecule is CC(C)C1CCCCC1NCc1ccc(Br)cc1. The normalized spacial score (nSPS) is 24.4. The van der Waals surface area contributed by atoms with E-state index >= 15 is 0 Å². The van der Waals surface area contributed by atoms with Crippen molar-refractivity contribution in [1.29, 1.82) is 0 Å². The first-order valence-electron chi connectivity index (χ1n) is 7.14. The summed E-state index contributed by atoms with van der Waals surface area (Å²) < 4.78 is 1.16. The summed E-state index contributed by atoms with van der Waals surface area (Å²) in [6.45, 7) is 5.73. The van der Waals surface area contributed by atoms with Crippen molar-refractivity contribution in [1.82, 2.24) is 5.32 Å². The van der Waals surface area contributed by atoms with Crippen molar-refractivity contribution < 1.29 is 0 Å². The van der Waals surface area contributed by atoms with Gasteiger partial charge in [-0.15, -0.1) is 0 Å². The van der Waals surface area contributed by atoms with Gasteiger partial charge in [-0.25, -0.2) is 0 Å². The fraction of sp³-hybridized carbons (Fsp3) is 0.625. The first kappa shape index (κ1) is 14.1. The molecule has 2 atom stereocenters. The highest BCUT2D eigenvalue weighted by molar-refractivity contribution is 9.10. The molecular weight excluding hydrogens is 286 g/mol. The second-order valence-corrected chi connectivity index (χ2v) is 6.72. The van der Waals surface area contributed by atoms with E-state index in [9.17, 15) is 0 Å². The number of nitrogens with one attached hydrogen (secondary N) is 1. The van der Waals surface area contributed by atoms with Crippen LogP contribution in [-0.2, 0) is 6.54 Å². The van der Waals surface area contributed by atoms with Crippen molar-refractivity contribution >= 4 is 15.9 Å². The second-order valence-electron chi connectivity index (χ2n) is 5.81. The first-order chi connectivity index (χ1) is 8.66. The minimum Gasteiger partial charge on any atom is -0.310 e. The van der Waals surface area contributed by atoms with Crippen LogP contribution in [0.15, 0.2) is 28.7 Å². The van der Waals surface area contributed by atoms with Crippen molar-refractivity contribution in [3.05, 3.63) is 34.3 Å². The van der Waals surface area contributed by atoms with Gasteiger partial charge >= 0.3 is 0 Å². The van der Waals surface area contributed by atoms with Crippen molar-refractivity contribution in [2.45, 2.75) is 52.1 Å². The molecule has 0 radical (unpaired) electrons. The molecule has 2 unspecified atom stereocenters. The summed E-state index contributed by atoms with van der Waals surface area (Å²) in [5.74, 6) is 1.65. The zero-order valence-electron chi connectivity index (χ0n) is 11.5. The van der Waals surface area contributed by atoms with Gasteiger partial charge in [0.05, 0.1) is 0 Å². The molecule has 1 aromatic carbocycles. The third-order valence-corrected chi connectivity index (χ3v) is 4.69. The van der Waals surface area contributed by atoms with Gasteiger partial charge in [-0.3, -0.25) is 0 Å². The Bertz CT molecular complexity index is 358. The Morgan fingerprint density at radius 1 is 1.17 bits per heavy atom. The topological polar surface area (TPSA) is 12.0 Å². The summed E-state index contributed by atoms with van der Waals surface area (Å²) in [4.78, 5) is 0. The quantitative estimate of drug-likeness (QED) is 0.846. The number of benzene rings is 1. The number of halogens is 1. The van der Waals surface area contributed by atoms with Crippen LogP contribution in [-0.4, -0.2) is 6.04 Å². The zero-order valence-corrected chi connectivity index (χ0v) is 13.0. The molecule has 0 bridgehead atoms. The average Bonchev–Trinajstić information content (AvgIpc) is 2.38. The van der Waals surface area contributed by atoms with E-state index in [0.29, 0.717) is 6.04 Å². The molecule has 1 nitrogen and oxygen atoms in total. The van der Waals surface area contributed by atoms with E-state index in [1.165, 1.54) is 31.2 Å². The molecule has 0 aromatic heterocycles. The predicted molar refractivity (Wildman–Crippen MR) is 81.6 cm³/mol. The molecule has 1 aliphatic rings. The summed E-state index contributed by atoms with van der Waals surface area (Å²) >= 11 is 3.48. The molecule has 0 amide bonds. The van der Waals surface area contributed by atoms with E-state index in [0.717, 1.165) is 22.9 Å². The Hall–Kier alpha value is -0.340. The molecule has 0 aliphatic heterocycles. The van der Waals surface area contributed by atoms with E-state index in [1.807, 2.05) is 0 Å². The number of rotatable bonds is 4. The lowest BCUT2D eigenvalue weighted by molar-refractivity contribution is 0.204.